The Morgan fingerprint density at radius 3 is 2.42 bits per heavy atom. The number of carbonyl (C=O) groups is 1. The summed E-state index contributed by atoms with van der Waals surface area (Å²) in [7, 11) is -0.922. The highest BCUT2D eigenvalue weighted by molar-refractivity contribution is 7.90. The Hall–Kier alpha value is -1.80. The molecule has 0 bridgehead atoms. The fourth-order valence-electron chi connectivity index (χ4n) is 1.26. The summed E-state index contributed by atoms with van der Waals surface area (Å²) in [4.78, 5) is 10.4. The molecule has 1 aromatic carbocycles. The van der Waals surface area contributed by atoms with Gasteiger partial charge in [-0.15, -0.1) is 0 Å². The minimum absolute atomic E-state index is 0.0964. The monoisotopic (exact) mass is 288 g/mol. The zero-order chi connectivity index (χ0) is 14.5. The summed E-state index contributed by atoms with van der Waals surface area (Å²) >= 11 is 0. The molecule has 0 spiro atoms. The third-order valence-corrected chi connectivity index (χ3v) is 3.88. The molecule has 8 heteroatoms. The summed E-state index contributed by atoms with van der Waals surface area (Å²) in [6.07, 6.45) is -0.250. The maximum atomic E-state index is 11.9. The summed E-state index contributed by atoms with van der Waals surface area (Å²) < 4.78 is 32.0. The highest BCUT2D eigenvalue weighted by Crippen LogP contribution is 2.16. The summed E-state index contributed by atoms with van der Waals surface area (Å²) in [5, 5.41) is 8.52. The van der Waals surface area contributed by atoms with Crippen molar-refractivity contribution in [2.45, 2.75) is 6.42 Å². The van der Waals surface area contributed by atoms with Gasteiger partial charge in [-0.05, 0) is 24.3 Å². The molecule has 0 radical (unpaired) electrons. The first-order valence-corrected chi connectivity index (χ1v) is 6.89. The van der Waals surface area contributed by atoms with Crippen LogP contribution in [0.3, 0.4) is 0 Å². The molecule has 106 valence electrons. The molecule has 0 heterocycles. The van der Waals surface area contributed by atoms with Crippen LogP contribution in [0.4, 0.5) is 5.69 Å². The standard InChI is InChI=1S/C11H16N2O5S/c1-13(8-7-11(14)15)19(16,17)12-9-3-5-10(18-2)6-4-9/h3-6,12H,7-8H2,1-2H3,(H,14,15). The van der Waals surface area contributed by atoms with Crippen molar-refractivity contribution in [1.29, 1.82) is 0 Å². The van der Waals surface area contributed by atoms with Gasteiger partial charge in [0.2, 0.25) is 0 Å². The average Bonchev–Trinajstić information content (AvgIpc) is 2.36. The van der Waals surface area contributed by atoms with Crippen LogP contribution in [0.25, 0.3) is 0 Å². The molecule has 0 saturated heterocycles. The van der Waals surface area contributed by atoms with Crippen LogP contribution >= 0.6 is 0 Å². The molecule has 1 aromatic rings. The number of ether oxygens (including phenoxy) is 1. The quantitative estimate of drug-likeness (QED) is 0.772. The van der Waals surface area contributed by atoms with E-state index in [9.17, 15) is 13.2 Å². The number of hydrogen-bond donors (Lipinski definition) is 2. The van der Waals surface area contributed by atoms with E-state index in [0.29, 0.717) is 11.4 Å². The second-order valence-corrected chi connectivity index (χ2v) is 5.58. The molecule has 0 aliphatic rings. The SMILES string of the molecule is COc1ccc(NS(=O)(=O)N(C)CCC(=O)O)cc1. The fraction of sp³-hybridized carbons (Fsp3) is 0.364. The normalized spacial score (nSPS) is 11.3. The van der Waals surface area contributed by atoms with E-state index in [1.165, 1.54) is 14.2 Å². The number of carboxylic acid groups (broad SMARTS) is 1. The molecule has 0 fully saturated rings. The van der Waals surface area contributed by atoms with Crippen LogP contribution in [-0.2, 0) is 15.0 Å². The van der Waals surface area contributed by atoms with Crippen molar-refractivity contribution in [2.24, 2.45) is 0 Å². The predicted octanol–water partition coefficient (Wildman–Crippen LogP) is 0.758. The van der Waals surface area contributed by atoms with Crippen LogP contribution in [0.1, 0.15) is 6.42 Å². The summed E-state index contributed by atoms with van der Waals surface area (Å²) in [5.74, 6) is -0.436. The molecule has 0 aliphatic carbocycles. The molecule has 0 aromatic heterocycles. The molecule has 7 nitrogen and oxygen atoms in total. The lowest BCUT2D eigenvalue weighted by Crippen LogP contribution is -2.34. The van der Waals surface area contributed by atoms with E-state index in [1.807, 2.05) is 0 Å². The van der Waals surface area contributed by atoms with E-state index in [0.717, 1.165) is 4.31 Å². The fourth-order valence-corrected chi connectivity index (χ4v) is 2.18. The number of methoxy groups -OCH3 is 1. The Morgan fingerprint density at radius 1 is 1.37 bits per heavy atom. The number of nitrogens with one attached hydrogen (secondary N) is 1. The molecule has 0 saturated carbocycles. The average molecular weight is 288 g/mol. The number of hydrogen-bond acceptors (Lipinski definition) is 4. The molecular formula is C11H16N2O5S. The van der Waals surface area contributed by atoms with E-state index in [-0.39, 0.29) is 13.0 Å². The van der Waals surface area contributed by atoms with Crippen LogP contribution in [0.15, 0.2) is 24.3 Å². The van der Waals surface area contributed by atoms with Gasteiger partial charge in [-0.25, -0.2) is 0 Å². The Morgan fingerprint density at radius 2 is 1.95 bits per heavy atom. The number of nitrogens with zero attached hydrogens (tertiary/aromatic N) is 1. The lowest BCUT2D eigenvalue weighted by molar-refractivity contribution is -0.137. The second-order valence-electron chi connectivity index (χ2n) is 3.80. The first-order chi connectivity index (χ1) is 8.85. The van der Waals surface area contributed by atoms with Crippen molar-refractivity contribution in [3.8, 4) is 5.75 Å². The zero-order valence-electron chi connectivity index (χ0n) is 10.7. The van der Waals surface area contributed by atoms with E-state index < -0.39 is 16.2 Å². The van der Waals surface area contributed by atoms with Crippen LogP contribution in [0.5, 0.6) is 5.75 Å². The third-order valence-electron chi connectivity index (χ3n) is 2.39. The summed E-state index contributed by atoms with van der Waals surface area (Å²) in [6.45, 7) is -0.0964. The zero-order valence-corrected chi connectivity index (χ0v) is 11.5. The predicted molar refractivity (Wildman–Crippen MR) is 70.4 cm³/mol. The van der Waals surface area contributed by atoms with Crippen molar-refractivity contribution in [3.63, 3.8) is 0 Å². The number of benzene rings is 1. The van der Waals surface area contributed by atoms with Gasteiger partial charge >= 0.3 is 16.2 Å². The highest BCUT2D eigenvalue weighted by atomic mass is 32.2. The number of rotatable bonds is 7. The molecule has 0 atom stereocenters. The van der Waals surface area contributed by atoms with Gasteiger partial charge in [0.05, 0.1) is 19.2 Å². The maximum absolute atomic E-state index is 11.9. The van der Waals surface area contributed by atoms with Crippen molar-refractivity contribution in [1.82, 2.24) is 4.31 Å². The van der Waals surface area contributed by atoms with Gasteiger partial charge in [0.25, 0.3) is 0 Å². The van der Waals surface area contributed by atoms with E-state index in [4.69, 9.17) is 9.84 Å². The summed E-state index contributed by atoms with van der Waals surface area (Å²) in [5.41, 5.74) is 0.378. The molecule has 0 amide bonds. The Balaban J connectivity index is 2.69. The minimum atomic E-state index is -3.75. The topological polar surface area (TPSA) is 95.9 Å². The van der Waals surface area contributed by atoms with Gasteiger partial charge in [0, 0.05) is 13.6 Å². The van der Waals surface area contributed by atoms with Crippen molar-refractivity contribution in [3.05, 3.63) is 24.3 Å². The second kappa shape index (κ2) is 6.39. The van der Waals surface area contributed by atoms with Crippen LogP contribution in [0.2, 0.25) is 0 Å². The van der Waals surface area contributed by atoms with Gasteiger partial charge in [0.1, 0.15) is 5.75 Å². The molecule has 2 N–H and O–H groups in total. The van der Waals surface area contributed by atoms with Crippen LogP contribution in [-0.4, -0.2) is 44.5 Å². The van der Waals surface area contributed by atoms with E-state index in [2.05, 4.69) is 4.72 Å². The van der Waals surface area contributed by atoms with Crippen LogP contribution in [0, 0.1) is 0 Å². The molecular weight excluding hydrogens is 272 g/mol. The lowest BCUT2D eigenvalue weighted by atomic mass is 10.3. The van der Waals surface area contributed by atoms with Gasteiger partial charge in [-0.2, -0.15) is 12.7 Å². The Kier molecular flexibility index (Phi) is 5.13. The Labute approximate surface area is 112 Å². The van der Waals surface area contributed by atoms with E-state index >= 15 is 0 Å². The Bertz CT molecular complexity index is 527. The smallest absolute Gasteiger partial charge is 0.304 e. The van der Waals surface area contributed by atoms with Gasteiger partial charge in [-0.1, -0.05) is 0 Å². The largest absolute Gasteiger partial charge is 0.497 e. The van der Waals surface area contributed by atoms with Crippen molar-refractivity contribution in [2.75, 3.05) is 25.4 Å². The summed E-state index contributed by atoms with van der Waals surface area (Å²) in [6, 6.07) is 6.35. The number of anilines is 1. The first-order valence-electron chi connectivity index (χ1n) is 5.45. The highest BCUT2D eigenvalue weighted by Gasteiger charge is 2.18. The minimum Gasteiger partial charge on any atom is -0.497 e. The molecule has 19 heavy (non-hydrogen) atoms. The molecule has 1 rings (SSSR count). The number of carboxylic acids is 1. The van der Waals surface area contributed by atoms with Gasteiger partial charge in [0.15, 0.2) is 0 Å². The van der Waals surface area contributed by atoms with Crippen LogP contribution < -0.4 is 9.46 Å². The van der Waals surface area contributed by atoms with E-state index in [1.54, 1.807) is 24.3 Å². The molecule has 0 unspecified atom stereocenters. The van der Waals surface area contributed by atoms with Gasteiger partial charge in [-0.3, -0.25) is 9.52 Å². The van der Waals surface area contributed by atoms with Crippen molar-refractivity contribution < 1.29 is 23.1 Å². The van der Waals surface area contributed by atoms with Crippen molar-refractivity contribution >= 4 is 21.9 Å². The molecule has 0 aliphatic heterocycles. The number of aliphatic carboxylic acids is 1. The van der Waals surface area contributed by atoms with Gasteiger partial charge < -0.3 is 9.84 Å². The maximum Gasteiger partial charge on any atom is 0.304 e. The third kappa shape index (κ3) is 4.76. The first kappa shape index (κ1) is 15.3. The lowest BCUT2D eigenvalue weighted by Gasteiger charge is -2.17.